The number of hydrogen-bond acceptors (Lipinski definition) is 2. The van der Waals surface area contributed by atoms with Crippen molar-refractivity contribution >= 4 is 23.0 Å². The van der Waals surface area contributed by atoms with Crippen LogP contribution < -0.4 is 0 Å². The molecule has 0 atom stereocenters. The molecule has 0 radical (unpaired) electrons. The Morgan fingerprint density at radius 1 is 1.60 bits per heavy atom. The van der Waals surface area contributed by atoms with Gasteiger partial charge in [0.2, 0.25) is 0 Å². The van der Waals surface area contributed by atoms with E-state index in [2.05, 4.69) is 22.9 Å². The van der Waals surface area contributed by atoms with Crippen molar-refractivity contribution in [1.82, 2.24) is 0 Å². The molecule has 0 bridgehead atoms. The molecule has 2 nitrogen and oxygen atoms in total. The van der Waals surface area contributed by atoms with Gasteiger partial charge in [-0.25, -0.2) is 0 Å². The third-order valence-electron chi connectivity index (χ3n) is 1.10. The van der Waals surface area contributed by atoms with E-state index in [1.54, 1.807) is 0 Å². The molecule has 0 heterocycles. The second kappa shape index (κ2) is 5.95. The minimum atomic E-state index is -1.33. The topological polar surface area (TPSA) is 40.5 Å². The molecule has 10 heavy (non-hydrogen) atoms. The fourth-order valence-electron chi connectivity index (χ4n) is 0.591. The third-order valence-corrected chi connectivity index (χ3v) is 1.76. The third kappa shape index (κ3) is 6.33. The van der Waals surface area contributed by atoms with Crippen LogP contribution in [0.25, 0.3) is 0 Å². The summed E-state index contributed by atoms with van der Waals surface area (Å²) in [5, 5.41) is 16.9. The van der Waals surface area contributed by atoms with Crippen LogP contribution in [0, 0.1) is 0 Å². The summed E-state index contributed by atoms with van der Waals surface area (Å²) in [6.45, 7) is 2.09. The maximum Gasteiger partial charge on any atom is 0.481 e. The molecule has 0 fully saturated rings. The SMILES string of the molecule is CCCCC(Br)=CB(O)O. The number of halogens is 1. The van der Waals surface area contributed by atoms with Crippen molar-refractivity contribution in [3.05, 3.63) is 10.5 Å². The minimum absolute atomic E-state index is 0.865. The van der Waals surface area contributed by atoms with E-state index >= 15 is 0 Å². The van der Waals surface area contributed by atoms with Gasteiger partial charge in [0.15, 0.2) is 0 Å². The quantitative estimate of drug-likeness (QED) is 0.685. The van der Waals surface area contributed by atoms with Gasteiger partial charge in [-0.1, -0.05) is 29.3 Å². The van der Waals surface area contributed by atoms with E-state index in [9.17, 15) is 0 Å². The van der Waals surface area contributed by atoms with Crippen molar-refractivity contribution in [1.29, 1.82) is 0 Å². The van der Waals surface area contributed by atoms with Gasteiger partial charge in [-0.3, -0.25) is 0 Å². The Morgan fingerprint density at radius 2 is 2.20 bits per heavy atom. The van der Waals surface area contributed by atoms with E-state index in [0.717, 1.165) is 23.7 Å². The van der Waals surface area contributed by atoms with E-state index < -0.39 is 7.12 Å². The van der Waals surface area contributed by atoms with Crippen molar-refractivity contribution in [2.45, 2.75) is 26.2 Å². The van der Waals surface area contributed by atoms with E-state index in [1.165, 1.54) is 5.98 Å². The molecule has 0 aliphatic carbocycles. The summed E-state index contributed by atoms with van der Waals surface area (Å²) >= 11 is 3.22. The van der Waals surface area contributed by atoms with E-state index in [-0.39, 0.29) is 0 Å². The van der Waals surface area contributed by atoms with Crippen LogP contribution in [0.4, 0.5) is 0 Å². The van der Waals surface area contributed by atoms with Crippen LogP contribution >= 0.6 is 15.9 Å². The molecule has 0 aromatic heterocycles. The lowest BCUT2D eigenvalue weighted by molar-refractivity contribution is 0.424. The lowest BCUT2D eigenvalue weighted by atomic mass is 9.91. The highest BCUT2D eigenvalue weighted by molar-refractivity contribution is 9.11. The van der Waals surface area contributed by atoms with Crippen molar-refractivity contribution in [2.24, 2.45) is 0 Å². The molecule has 2 N–H and O–H groups in total. The highest BCUT2D eigenvalue weighted by atomic mass is 79.9. The fourth-order valence-corrected chi connectivity index (χ4v) is 1.11. The van der Waals surface area contributed by atoms with Gasteiger partial charge in [0.1, 0.15) is 0 Å². The highest BCUT2D eigenvalue weighted by Crippen LogP contribution is 2.13. The monoisotopic (exact) mass is 206 g/mol. The molecule has 0 amide bonds. The second-order valence-corrected chi connectivity index (χ2v) is 3.15. The standard InChI is InChI=1S/C6H12BBrO2/c1-2-3-4-6(8)5-7(9)10/h5,9-10H,2-4H2,1H3. The molecule has 0 unspecified atom stereocenters. The van der Waals surface area contributed by atoms with Gasteiger partial charge < -0.3 is 10.0 Å². The number of allylic oxidation sites excluding steroid dienone is 1. The van der Waals surface area contributed by atoms with Crippen LogP contribution in [0.3, 0.4) is 0 Å². The van der Waals surface area contributed by atoms with E-state index in [0.29, 0.717) is 0 Å². The van der Waals surface area contributed by atoms with Gasteiger partial charge in [-0.15, -0.1) is 0 Å². The molecule has 0 aliphatic rings. The zero-order chi connectivity index (χ0) is 7.98. The summed E-state index contributed by atoms with van der Waals surface area (Å²) in [7, 11) is -1.33. The highest BCUT2D eigenvalue weighted by Gasteiger charge is 2.01. The van der Waals surface area contributed by atoms with Crippen molar-refractivity contribution in [3.63, 3.8) is 0 Å². The maximum absolute atomic E-state index is 8.47. The van der Waals surface area contributed by atoms with Gasteiger partial charge in [-0.2, -0.15) is 0 Å². The van der Waals surface area contributed by atoms with E-state index in [1.807, 2.05) is 0 Å². The number of unbranched alkanes of at least 4 members (excludes halogenated alkanes) is 1. The van der Waals surface area contributed by atoms with Gasteiger partial charge in [0.05, 0.1) is 0 Å². The lowest BCUT2D eigenvalue weighted by Crippen LogP contribution is -2.06. The van der Waals surface area contributed by atoms with Gasteiger partial charge in [0.25, 0.3) is 0 Å². The number of rotatable bonds is 4. The molecule has 0 aromatic rings. The second-order valence-electron chi connectivity index (χ2n) is 2.13. The molecular weight excluding hydrogens is 195 g/mol. The van der Waals surface area contributed by atoms with Gasteiger partial charge in [-0.05, 0) is 23.3 Å². The van der Waals surface area contributed by atoms with Crippen LogP contribution in [0.5, 0.6) is 0 Å². The van der Waals surface area contributed by atoms with Gasteiger partial charge in [0, 0.05) is 0 Å². The maximum atomic E-state index is 8.47. The molecular formula is C6H12BBrO2. The fraction of sp³-hybridized carbons (Fsp3) is 0.667. The smallest absolute Gasteiger partial charge is 0.424 e. The predicted molar refractivity (Wildman–Crippen MR) is 46.7 cm³/mol. The van der Waals surface area contributed by atoms with Crippen molar-refractivity contribution in [3.8, 4) is 0 Å². The van der Waals surface area contributed by atoms with Crippen LogP contribution in [0.2, 0.25) is 0 Å². The van der Waals surface area contributed by atoms with Gasteiger partial charge >= 0.3 is 7.12 Å². The Labute approximate surface area is 70.2 Å². The minimum Gasteiger partial charge on any atom is -0.424 e. The Bertz CT molecular complexity index is 114. The first-order valence-corrected chi connectivity index (χ1v) is 4.18. The Hall–Kier alpha value is 0.205. The summed E-state index contributed by atoms with van der Waals surface area (Å²) in [5.41, 5.74) is 0. The molecule has 0 aliphatic heterocycles. The molecule has 0 rings (SSSR count). The molecule has 4 heteroatoms. The van der Waals surface area contributed by atoms with Crippen LogP contribution in [0.1, 0.15) is 26.2 Å². The summed E-state index contributed by atoms with van der Waals surface area (Å²) in [6, 6.07) is 0. The molecule has 0 saturated carbocycles. The normalized spacial score (nSPS) is 11.8. The average molecular weight is 207 g/mol. The Morgan fingerprint density at radius 3 is 2.60 bits per heavy atom. The first-order valence-electron chi connectivity index (χ1n) is 3.39. The Balaban J connectivity index is 3.49. The largest absolute Gasteiger partial charge is 0.481 e. The molecule has 0 aromatic carbocycles. The average Bonchev–Trinajstić information content (AvgIpc) is 1.82. The summed E-state index contributed by atoms with van der Waals surface area (Å²) in [5.74, 6) is 1.38. The van der Waals surface area contributed by atoms with Crippen molar-refractivity contribution in [2.75, 3.05) is 0 Å². The van der Waals surface area contributed by atoms with Crippen LogP contribution in [0.15, 0.2) is 10.5 Å². The summed E-state index contributed by atoms with van der Waals surface area (Å²) in [6.07, 6.45) is 3.07. The van der Waals surface area contributed by atoms with Crippen molar-refractivity contribution < 1.29 is 10.0 Å². The van der Waals surface area contributed by atoms with Crippen LogP contribution in [-0.4, -0.2) is 17.2 Å². The van der Waals surface area contributed by atoms with Crippen LogP contribution in [-0.2, 0) is 0 Å². The molecule has 0 spiro atoms. The zero-order valence-corrected chi connectivity index (χ0v) is 7.63. The summed E-state index contributed by atoms with van der Waals surface area (Å²) < 4.78 is 0.865. The first kappa shape index (κ1) is 10.2. The predicted octanol–water partition coefficient (Wildman–Crippen LogP) is 1.47. The molecule has 0 saturated heterocycles. The Kier molecular flexibility index (Phi) is 6.07. The molecule has 58 valence electrons. The first-order chi connectivity index (χ1) is 4.66. The van der Waals surface area contributed by atoms with E-state index in [4.69, 9.17) is 10.0 Å². The summed E-state index contributed by atoms with van der Waals surface area (Å²) in [4.78, 5) is 0. The lowest BCUT2D eigenvalue weighted by Gasteiger charge is -1.95. The number of hydrogen-bond donors (Lipinski definition) is 2. The zero-order valence-electron chi connectivity index (χ0n) is 6.05.